The van der Waals surface area contributed by atoms with E-state index in [4.69, 9.17) is 37.9 Å². The van der Waals surface area contributed by atoms with Crippen molar-refractivity contribution in [2.45, 2.75) is 247 Å². The van der Waals surface area contributed by atoms with E-state index in [2.05, 4.69) is 33.8 Å². The van der Waals surface area contributed by atoms with Gasteiger partial charge in [0.15, 0.2) is 25.2 Å². The highest BCUT2D eigenvalue weighted by Gasteiger charge is 2.70. The van der Waals surface area contributed by atoms with E-state index in [1.165, 1.54) is 0 Å². The maximum absolute atomic E-state index is 12.7. The molecule has 10 unspecified atom stereocenters. The average Bonchev–Trinajstić information content (AvgIpc) is 3.92. The first kappa shape index (κ1) is 60.9. The molecule has 4 heterocycles. The summed E-state index contributed by atoms with van der Waals surface area (Å²) in [6.07, 6.45) is -24.9. The Labute approximate surface area is 444 Å². The van der Waals surface area contributed by atoms with E-state index in [1.807, 2.05) is 20.8 Å². The van der Waals surface area contributed by atoms with Gasteiger partial charge in [-0.05, 0) is 124 Å². The van der Waals surface area contributed by atoms with E-state index in [0.717, 1.165) is 24.8 Å². The summed E-state index contributed by atoms with van der Waals surface area (Å²) in [6, 6.07) is 0. The smallest absolute Gasteiger partial charge is 0.187 e. The first-order valence-electron chi connectivity index (χ1n) is 27.5. The van der Waals surface area contributed by atoms with Crippen LogP contribution in [0.15, 0.2) is 11.6 Å². The summed E-state index contributed by atoms with van der Waals surface area (Å²) in [4.78, 5) is 0. The molecule has 4 aliphatic heterocycles. The van der Waals surface area contributed by atoms with Crippen LogP contribution in [0.25, 0.3) is 0 Å². The van der Waals surface area contributed by atoms with E-state index in [-0.39, 0.29) is 35.0 Å². The van der Waals surface area contributed by atoms with Gasteiger partial charge in [-0.15, -0.1) is 0 Å². The number of hydrogen-bond donors (Lipinski definition) is 15. The zero-order chi connectivity index (χ0) is 55.7. The molecule has 0 aromatic heterocycles. The Morgan fingerprint density at radius 2 is 1.07 bits per heavy atom. The third-order valence-electron chi connectivity index (χ3n) is 20.3. The van der Waals surface area contributed by atoms with Gasteiger partial charge in [0.25, 0.3) is 0 Å². The van der Waals surface area contributed by atoms with Crippen molar-refractivity contribution in [1.29, 1.82) is 0 Å². The molecular formula is C53H90O23. The number of aliphatic hydroxyl groups excluding tert-OH is 15. The molecule has 4 aliphatic carbocycles. The van der Waals surface area contributed by atoms with Gasteiger partial charge in [0.2, 0.25) is 0 Å². The zero-order valence-electron chi connectivity index (χ0n) is 44.8. The largest absolute Gasteiger partial charge is 0.394 e. The maximum atomic E-state index is 12.7. The van der Waals surface area contributed by atoms with Crippen LogP contribution in [0, 0.1) is 45.8 Å². The number of fused-ring (bicyclic) bond motifs is 5. The van der Waals surface area contributed by atoms with Crippen molar-refractivity contribution < 1.29 is 114 Å². The summed E-state index contributed by atoms with van der Waals surface area (Å²) in [6.45, 7) is 12.2. The van der Waals surface area contributed by atoms with Crippen LogP contribution in [0.5, 0.6) is 0 Å². The van der Waals surface area contributed by atoms with Crippen molar-refractivity contribution in [3.8, 4) is 0 Å². The summed E-state index contributed by atoms with van der Waals surface area (Å²) in [7, 11) is 0. The van der Waals surface area contributed by atoms with Crippen molar-refractivity contribution in [2.75, 3.05) is 26.4 Å². The lowest BCUT2D eigenvalue weighted by Gasteiger charge is -2.67. The zero-order valence-corrected chi connectivity index (χ0v) is 44.8. The second-order valence-electron chi connectivity index (χ2n) is 25.0. The maximum Gasteiger partial charge on any atom is 0.187 e. The molecule has 0 aromatic carbocycles. The van der Waals surface area contributed by atoms with Crippen molar-refractivity contribution in [3.05, 3.63) is 11.6 Å². The average molecular weight is 1100 g/mol. The molecule has 0 amide bonds. The number of rotatable bonds is 16. The molecule has 76 heavy (non-hydrogen) atoms. The fourth-order valence-corrected chi connectivity index (χ4v) is 15.6. The van der Waals surface area contributed by atoms with Gasteiger partial charge in [0.05, 0.1) is 44.2 Å². The van der Waals surface area contributed by atoms with Crippen LogP contribution in [0.1, 0.15) is 106 Å². The van der Waals surface area contributed by atoms with Crippen molar-refractivity contribution in [3.63, 3.8) is 0 Å². The van der Waals surface area contributed by atoms with Crippen LogP contribution >= 0.6 is 0 Å². The predicted octanol–water partition coefficient (Wildman–Crippen LogP) is -2.59. The fourth-order valence-electron chi connectivity index (χ4n) is 15.6. The van der Waals surface area contributed by atoms with E-state index >= 15 is 0 Å². The third-order valence-corrected chi connectivity index (χ3v) is 20.3. The molecule has 0 bridgehead atoms. The molecule has 4 saturated carbocycles. The normalized spacial score (nSPS) is 52.2. The minimum atomic E-state index is -1.81. The Hall–Kier alpha value is -1.18. The van der Waals surface area contributed by atoms with Gasteiger partial charge in [-0.3, -0.25) is 0 Å². The van der Waals surface area contributed by atoms with Gasteiger partial charge in [0, 0.05) is 0 Å². The topological polar surface area (TPSA) is 377 Å². The molecule has 23 nitrogen and oxygen atoms in total. The van der Waals surface area contributed by atoms with Crippen molar-refractivity contribution in [2.24, 2.45) is 45.8 Å². The number of aliphatic hydroxyl groups is 15. The molecule has 440 valence electrons. The molecule has 8 fully saturated rings. The minimum absolute atomic E-state index is 0.0906. The summed E-state index contributed by atoms with van der Waals surface area (Å²) < 4.78 is 48.8. The summed E-state index contributed by atoms with van der Waals surface area (Å²) in [5, 5.41) is 161. The second-order valence-corrected chi connectivity index (χ2v) is 25.0. The van der Waals surface area contributed by atoms with Crippen LogP contribution in [0.3, 0.4) is 0 Å². The molecule has 8 aliphatic rings. The quantitative estimate of drug-likeness (QED) is 0.0557. The molecular weight excluding hydrogens is 1000 g/mol. The van der Waals surface area contributed by atoms with Crippen LogP contribution in [0.2, 0.25) is 0 Å². The fraction of sp³-hybridized carbons (Fsp3) is 0.962. The molecule has 15 N–H and O–H groups in total. The lowest BCUT2D eigenvalue weighted by Crippen LogP contribution is -2.66. The van der Waals surface area contributed by atoms with E-state index in [9.17, 15) is 76.6 Å². The minimum Gasteiger partial charge on any atom is -0.394 e. The molecule has 23 heteroatoms. The summed E-state index contributed by atoms with van der Waals surface area (Å²) in [5.41, 5.74) is -1.16. The first-order valence-corrected chi connectivity index (χ1v) is 27.5. The van der Waals surface area contributed by atoms with Gasteiger partial charge < -0.3 is 114 Å². The Balaban J connectivity index is 0.992. The van der Waals surface area contributed by atoms with Gasteiger partial charge in [-0.25, -0.2) is 0 Å². The number of allylic oxidation sites excluding steroid dienone is 2. The Morgan fingerprint density at radius 1 is 0.553 bits per heavy atom. The standard InChI is InChI=1S/C53H90O23/c1-22(2)9-8-14-53(7,76-48-44(68)40(64)37(61)31(73-48)21-69-46-42(66)38(62)34(58)28(18-54)70-46)25-13-16-52(6)33(25)27(57)17-26-23-10-11-32(50(3,4)24(23)12-15-51(26,52)5)74-49-45(41(65)36(60)30(20-56)72-49)75-47-43(67)39(63)35(59)29(19-55)71-47/h9,23-49,54-68H,8,10-21H2,1-7H3/t23?,24?,25?,26?,27?,28-,29-,30-,31-,32?,33?,34-,35-,36-,37-,38+,39+,40+,41+,42-,43-,44-,45-,46-,47+,48+,49+,51?,52?,53?/m1/s1. The van der Waals surface area contributed by atoms with E-state index < -0.39 is 178 Å². The molecule has 30 atom stereocenters. The van der Waals surface area contributed by atoms with Crippen LogP contribution in [0.4, 0.5) is 0 Å². The highest BCUT2D eigenvalue weighted by atomic mass is 16.8. The Bertz CT molecular complexity index is 1940. The van der Waals surface area contributed by atoms with Gasteiger partial charge >= 0.3 is 0 Å². The number of ether oxygens (including phenoxy) is 8. The SMILES string of the molecule is CC(C)=CCCC(C)(O[C@@H]1O[C@H](CO[C@@H]2O[C@H](CO)[C@@H](O)[C@H](O)[C@H]2O)[C@@H](O)[C@H](O)[C@H]1O)C1CCC2(C)C1C(O)CC1C3CCC(O[C@@H]4O[C@H](CO)[C@@H](O)[C@H](O)[C@H]4O[C@@H]4O[C@H](CO)[C@@H](O)[C@H](O)[C@H]4O)C(C)(C)C3CCC12C. The van der Waals surface area contributed by atoms with E-state index in [0.29, 0.717) is 38.5 Å². The molecule has 0 radical (unpaired) electrons. The Kier molecular flexibility index (Phi) is 18.9. The lowest BCUT2D eigenvalue weighted by molar-refractivity contribution is -0.377. The van der Waals surface area contributed by atoms with Gasteiger partial charge in [0.1, 0.15) is 97.7 Å². The predicted molar refractivity (Wildman–Crippen MR) is 262 cm³/mol. The van der Waals surface area contributed by atoms with Crippen LogP contribution < -0.4 is 0 Å². The molecule has 4 saturated heterocycles. The monoisotopic (exact) mass is 1090 g/mol. The molecule has 0 spiro atoms. The van der Waals surface area contributed by atoms with E-state index in [1.54, 1.807) is 0 Å². The second kappa shape index (κ2) is 23.6. The van der Waals surface area contributed by atoms with Crippen molar-refractivity contribution in [1.82, 2.24) is 0 Å². The highest BCUT2D eigenvalue weighted by Crippen LogP contribution is 2.73. The Morgan fingerprint density at radius 3 is 1.66 bits per heavy atom. The number of hydrogen-bond acceptors (Lipinski definition) is 23. The summed E-state index contributed by atoms with van der Waals surface area (Å²) in [5.74, 6) is -0.182. The van der Waals surface area contributed by atoms with Crippen LogP contribution in [-0.4, -0.2) is 244 Å². The van der Waals surface area contributed by atoms with Gasteiger partial charge in [-0.1, -0.05) is 39.3 Å². The first-order chi connectivity index (χ1) is 35.7. The highest BCUT2D eigenvalue weighted by molar-refractivity contribution is 5.18. The lowest BCUT2D eigenvalue weighted by atomic mass is 9.39. The van der Waals surface area contributed by atoms with Gasteiger partial charge in [-0.2, -0.15) is 0 Å². The molecule has 0 aromatic rings. The van der Waals surface area contributed by atoms with Crippen LogP contribution in [-0.2, 0) is 37.9 Å². The molecule has 8 rings (SSSR count). The van der Waals surface area contributed by atoms with Crippen molar-refractivity contribution >= 4 is 0 Å². The summed E-state index contributed by atoms with van der Waals surface area (Å²) >= 11 is 0. The third kappa shape index (κ3) is 10.9.